The van der Waals surface area contributed by atoms with Crippen LogP contribution in [0.4, 0.5) is 0 Å². The molecule has 24 heavy (non-hydrogen) atoms. The van der Waals surface area contributed by atoms with E-state index in [-0.39, 0.29) is 5.92 Å². The van der Waals surface area contributed by atoms with Gasteiger partial charge in [-0.15, -0.1) is 0 Å². The first-order chi connectivity index (χ1) is 11.6. The molecule has 126 valence electrons. The number of fused-ring (bicyclic) bond motifs is 3. The zero-order chi connectivity index (χ0) is 16.8. The Morgan fingerprint density at radius 1 is 1.17 bits per heavy atom. The van der Waals surface area contributed by atoms with Crippen LogP contribution in [0.15, 0.2) is 36.4 Å². The van der Waals surface area contributed by atoms with Crippen molar-refractivity contribution in [1.29, 1.82) is 0 Å². The van der Waals surface area contributed by atoms with Gasteiger partial charge in [0.05, 0.1) is 0 Å². The lowest BCUT2D eigenvalue weighted by Gasteiger charge is -2.42. The molecule has 4 rings (SSSR count). The molecule has 2 aliphatic rings. The Hall–Kier alpha value is -0.940. The van der Waals surface area contributed by atoms with Crippen LogP contribution in [0.2, 0.25) is 0 Å². The smallest absolute Gasteiger partial charge is 0.137 e. The van der Waals surface area contributed by atoms with E-state index in [0.717, 1.165) is 6.42 Å². The first-order valence-electron chi connectivity index (χ1n) is 9.02. The van der Waals surface area contributed by atoms with Gasteiger partial charge in [-0.05, 0) is 83.3 Å². The third-order valence-electron chi connectivity index (χ3n) is 6.24. The van der Waals surface area contributed by atoms with E-state index >= 15 is 0 Å². The van der Waals surface area contributed by atoms with Crippen LogP contribution in [0.3, 0.4) is 0 Å². The molecule has 3 heteroatoms. The highest BCUT2D eigenvalue weighted by Gasteiger charge is 2.48. The Morgan fingerprint density at radius 2 is 1.96 bits per heavy atom. The Morgan fingerprint density at radius 3 is 2.75 bits per heavy atom. The number of benzene rings is 2. The minimum Gasteiger partial charge on any atom is -0.300 e. The fraction of sp³-hybridized carbons (Fsp3) is 0.476. The highest BCUT2D eigenvalue weighted by Crippen LogP contribution is 2.47. The Balaban J connectivity index is 1.77. The lowest BCUT2D eigenvalue weighted by atomic mass is 9.73. The van der Waals surface area contributed by atoms with Gasteiger partial charge in [-0.3, -0.25) is 9.69 Å². The molecule has 0 saturated carbocycles. The lowest BCUT2D eigenvalue weighted by molar-refractivity contribution is -0.126. The Bertz CT molecular complexity index is 787. The SMILES string of the molecule is CCC(=O)[C@H]1[C@@H](c2ccc3ccc(I)cc3c2)C[C@@H]2CC[C@H]1N2C. The fourth-order valence-corrected chi connectivity index (χ4v) is 5.47. The maximum Gasteiger partial charge on any atom is 0.137 e. The number of hydrogen-bond acceptors (Lipinski definition) is 2. The molecule has 2 aromatic rings. The molecule has 2 bridgehead atoms. The molecular formula is C21H24INO. The van der Waals surface area contributed by atoms with Gasteiger partial charge in [-0.2, -0.15) is 0 Å². The van der Waals surface area contributed by atoms with E-state index in [4.69, 9.17) is 0 Å². The standard InChI is InChI=1S/C21H24INO/c1-3-20(24)21-18(12-17-8-9-19(21)23(17)2)14-5-4-13-6-7-16(22)11-15(13)10-14/h4-7,10-11,17-19,21H,3,8-9,12H2,1-2H3/t17-,18+,19+,21-/m0/s1. The van der Waals surface area contributed by atoms with Crippen molar-refractivity contribution < 1.29 is 4.79 Å². The summed E-state index contributed by atoms with van der Waals surface area (Å²) in [5.41, 5.74) is 1.36. The average Bonchev–Trinajstić information content (AvgIpc) is 2.82. The molecule has 0 aromatic heterocycles. The quantitative estimate of drug-likeness (QED) is 0.636. The van der Waals surface area contributed by atoms with Crippen LogP contribution in [0.25, 0.3) is 10.8 Å². The number of rotatable bonds is 3. The second-order valence-electron chi connectivity index (χ2n) is 7.40. The summed E-state index contributed by atoms with van der Waals surface area (Å²) in [6, 6.07) is 14.5. The highest BCUT2D eigenvalue weighted by molar-refractivity contribution is 14.1. The fourth-order valence-electron chi connectivity index (χ4n) is 4.95. The van der Waals surface area contributed by atoms with Crippen LogP contribution in [0.5, 0.6) is 0 Å². The van der Waals surface area contributed by atoms with Crippen LogP contribution in [0.1, 0.15) is 44.1 Å². The monoisotopic (exact) mass is 433 g/mol. The predicted octanol–water partition coefficient (Wildman–Crippen LogP) is 4.99. The van der Waals surface area contributed by atoms with Crippen LogP contribution in [-0.4, -0.2) is 29.8 Å². The van der Waals surface area contributed by atoms with Gasteiger partial charge in [0.25, 0.3) is 0 Å². The molecule has 0 N–H and O–H groups in total. The number of nitrogens with zero attached hydrogens (tertiary/aromatic N) is 1. The maximum atomic E-state index is 12.8. The number of hydrogen-bond donors (Lipinski definition) is 0. The summed E-state index contributed by atoms with van der Waals surface area (Å²) >= 11 is 2.37. The third-order valence-corrected chi connectivity index (χ3v) is 6.91. The van der Waals surface area contributed by atoms with Crippen LogP contribution >= 0.6 is 22.6 Å². The molecule has 2 fully saturated rings. The van der Waals surface area contributed by atoms with Crippen molar-refractivity contribution in [3.63, 3.8) is 0 Å². The molecule has 2 nitrogen and oxygen atoms in total. The normalized spacial score (nSPS) is 30.0. The molecular weight excluding hydrogens is 409 g/mol. The summed E-state index contributed by atoms with van der Waals surface area (Å²) in [5.74, 6) is 0.993. The molecule has 0 radical (unpaired) electrons. The predicted molar refractivity (Wildman–Crippen MR) is 107 cm³/mol. The van der Waals surface area contributed by atoms with Crippen molar-refractivity contribution in [2.24, 2.45) is 5.92 Å². The summed E-state index contributed by atoms with van der Waals surface area (Å²) in [7, 11) is 2.22. The average molecular weight is 433 g/mol. The van der Waals surface area contributed by atoms with Gasteiger partial charge in [0, 0.05) is 28.0 Å². The summed E-state index contributed by atoms with van der Waals surface area (Å²) in [4.78, 5) is 15.3. The Labute approximate surface area is 157 Å². The van der Waals surface area contributed by atoms with Gasteiger partial charge in [0.15, 0.2) is 0 Å². The van der Waals surface area contributed by atoms with Gasteiger partial charge in [-0.1, -0.05) is 31.2 Å². The van der Waals surface area contributed by atoms with Crippen molar-refractivity contribution in [2.45, 2.75) is 50.6 Å². The number of piperidine rings is 1. The van der Waals surface area contributed by atoms with E-state index in [9.17, 15) is 4.79 Å². The van der Waals surface area contributed by atoms with Gasteiger partial charge in [0.1, 0.15) is 5.78 Å². The van der Waals surface area contributed by atoms with Gasteiger partial charge in [-0.25, -0.2) is 0 Å². The minimum absolute atomic E-state index is 0.166. The number of Topliss-reactive ketones (excluding diaryl/α,β-unsaturated/α-hetero) is 1. The molecule has 4 atom stereocenters. The number of ketones is 1. The first kappa shape index (κ1) is 16.5. The van der Waals surface area contributed by atoms with E-state index in [2.05, 4.69) is 70.9 Å². The summed E-state index contributed by atoms with van der Waals surface area (Å²) < 4.78 is 1.27. The largest absolute Gasteiger partial charge is 0.300 e. The van der Waals surface area contributed by atoms with Crippen LogP contribution in [0, 0.1) is 9.49 Å². The van der Waals surface area contributed by atoms with Crippen molar-refractivity contribution in [3.8, 4) is 0 Å². The van der Waals surface area contributed by atoms with Gasteiger partial charge >= 0.3 is 0 Å². The molecule has 2 heterocycles. The molecule has 2 aromatic carbocycles. The third kappa shape index (κ3) is 2.70. The van der Waals surface area contributed by atoms with E-state index in [0.29, 0.717) is 30.2 Å². The second kappa shape index (κ2) is 6.41. The molecule has 2 saturated heterocycles. The number of halogens is 1. The van der Waals surface area contributed by atoms with E-state index < -0.39 is 0 Å². The molecule has 0 amide bonds. The summed E-state index contributed by atoms with van der Waals surface area (Å²) in [6.07, 6.45) is 4.21. The van der Waals surface area contributed by atoms with Gasteiger partial charge < -0.3 is 0 Å². The molecule has 0 aliphatic carbocycles. The van der Waals surface area contributed by atoms with Gasteiger partial charge in [0.2, 0.25) is 0 Å². The second-order valence-corrected chi connectivity index (χ2v) is 8.65. The van der Waals surface area contributed by atoms with Crippen LogP contribution < -0.4 is 0 Å². The maximum absolute atomic E-state index is 12.8. The molecule has 0 spiro atoms. The van der Waals surface area contributed by atoms with E-state index in [1.54, 1.807) is 0 Å². The summed E-state index contributed by atoms with van der Waals surface area (Å²) in [6.45, 7) is 2.02. The summed E-state index contributed by atoms with van der Waals surface area (Å²) in [5, 5.41) is 2.59. The topological polar surface area (TPSA) is 20.3 Å². The molecule has 0 unspecified atom stereocenters. The number of carbonyl (C=O) groups is 1. The van der Waals surface area contributed by atoms with Crippen LogP contribution in [-0.2, 0) is 4.79 Å². The minimum atomic E-state index is 0.166. The zero-order valence-corrected chi connectivity index (χ0v) is 16.5. The highest BCUT2D eigenvalue weighted by atomic mass is 127. The molecule has 2 aliphatic heterocycles. The zero-order valence-electron chi connectivity index (χ0n) is 14.3. The Kier molecular flexibility index (Phi) is 4.42. The van der Waals surface area contributed by atoms with Crippen molar-refractivity contribution in [2.75, 3.05) is 7.05 Å². The van der Waals surface area contributed by atoms with E-state index in [1.165, 1.54) is 32.7 Å². The van der Waals surface area contributed by atoms with Crippen molar-refractivity contribution in [3.05, 3.63) is 45.5 Å². The first-order valence-corrected chi connectivity index (χ1v) is 10.1. The number of carbonyl (C=O) groups excluding carboxylic acids is 1. The lowest BCUT2D eigenvalue weighted by Crippen LogP contribution is -2.48. The van der Waals surface area contributed by atoms with E-state index in [1.807, 2.05) is 6.92 Å². The van der Waals surface area contributed by atoms with Crippen molar-refractivity contribution in [1.82, 2.24) is 4.90 Å². The van der Waals surface area contributed by atoms with Crippen molar-refractivity contribution >= 4 is 39.1 Å².